The molecule has 0 unspecified atom stereocenters. The van der Waals surface area contributed by atoms with Gasteiger partial charge in [-0.25, -0.2) is 0 Å². The third kappa shape index (κ3) is 2.70. The zero-order valence-electron chi connectivity index (χ0n) is 7.30. The molecule has 0 atom stereocenters. The number of amides is 1. The largest absolute Gasteiger partial charge is 0.321 e. The maximum absolute atomic E-state index is 11.2. The number of hydrogen-bond acceptors (Lipinski definition) is 1. The van der Waals surface area contributed by atoms with Gasteiger partial charge in [0, 0.05) is 10.0 Å². The third-order valence-electron chi connectivity index (χ3n) is 1.51. The minimum Gasteiger partial charge on any atom is -0.321 e. The Hall–Kier alpha value is -1.09. The summed E-state index contributed by atoms with van der Waals surface area (Å²) in [6, 6.07) is 7.44. The molecule has 0 spiro atoms. The van der Waals surface area contributed by atoms with Gasteiger partial charge in [0.25, 0.3) is 5.91 Å². The SMILES string of the molecule is C=C(C)C(=O)Nc1ccccc1Br. The van der Waals surface area contributed by atoms with E-state index in [-0.39, 0.29) is 5.91 Å². The average molecular weight is 240 g/mol. The van der Waals surface area contributed by atoms with Gasteiger partial charge in [0.15, 0.2) is 0 Å². The maximum atomic E-state index is 11.2. The molecule has 1 aromatic rings. The van der Waals surface area contributed by atoms with Crippen molar-refractivity contribution in [3.63, 3.8) is 0 Å². The highest BCUT2D eigenvalue weighted by atomic mass is 79.9. The first-order valence-electron chi connectivity index (χ1n) is 3.82. The summed E-state index contributed by atoms with van der Waals surface area (Å²) in [5.41, 5.74) is 1.26. The average Bonchev–Trinajstić information content (AvgIpc) is 2.08. The van der Waals surface area contributed by atoms with Crippen LogP contribution in [0, 0.1) is 0 Å². The molecule has 1 amide bonds. The Balaban J connectivity index is 2.81. The van der Waals surface area contributed by atoms with Crippen LogP contribution in [-0.4, -0.2) is 5.91 Å². The Morgan fingerprint density at radius 1 is 1.46 bits per heavy atom. The van der Waals surface area contributed by atoms with E-state index in [4.69, 9.17) is 0 Å². The molecular weight excluding hydrogens is 230 g/mol. The number of carbonyl (C=O) groups excluding carboxylic acids is 1. The van der Waals surface area contributed by atoms with Gasteiger partial charge >= 0.3 is 0 Å². The van der Waals surface area contributed by atoms with Crippen molar-refractivity contribution in [1.29, 1.82) is 0 Å². The van der Waals surface area contributed by atoms with E-state index in [0.29, 0.717) is 5.57 Å². The number of halogens is 1. The van der Waals surface area contributed by atoms with Crippen molar-refractivity contribution in [2.75, 3.05) is 5.32 Å². The molecule has 0 heterocycles. The van der Waals surface area contributed by atoms with Crippen molar-refractivity contribution < 1.29 is 4.79 Å². The summed E-state index contributed by atoms with van der Waals surface area (Å²) in [7, 11) is 0. The van der Waals surface area contributed by atoms with Gasteiger partial charge in [0.2, 0.25) is 0 Å². The van der Waals surface area contributed by atoms with E-state index in [1.54, 1.807) is 6.92 Å². The lowest BCUT2D eigenvalue weighted by molar-refractivity contribution is -0.112. The molecule has 0 radical (unpaired) electrons. The van der Waals surface area contributed by atoms with Gasteiger partial charge in [-0.15, -0.1) is 0 Å². The van der Waals surface area contributed by atoms with Crippen LogP contribution >= 0.6 is 15.9 Å². The van der Waals surface area contributed by atoms with Crippen LogP contribution in [-0.2, 0) is 4.79 Å². The van der Waals surface area contributed by atoms with Crippen LogP contribution in [0.4, 0.5) is 5.69 Å². The number of benzene rings is 1. The second kappa shape index (κ2) is 4.23. The third-order valence-corrected chi connectivity index (χ3v) is 2.20. The van der Waals surface area contributed by atoms with Crippen molar-refractivity contribution in [1.82, 2.24) is 0 Å². The molecule has 13 heavy (non-hydrogen) atoms. The van der Waals surface area contributed by atoms with Gasteiger partial charge in [0.05, 0.1) is 5.69 Å². The van der Waals surface area contributed by atoms with Gasteiger partial charge < -0.3 is 5.32 Å². The lowest BCUT2D eigenvalue weighted by Gasteiger charge is -2.05. The lowest BCUT2D eigenvalue weighted by atomic mass is 10.3. The molecule has 1 N–H and O–H groups in total. The van der Waals surface area contributed by atoms with E-state index in [9.17, 15) is 4.79 Å². The van der Waals surface area contributed by atoms with Crippen molar-refractivity contribution in [2.45, 2.75) is 6.92 Å². The van der Waals surface area contributed by atoms with Crippen molar-refractivity contribution in [2.24, 2.45) is 0 Å². The molecule has 2 nitrogen and oxygen atoms in total. The normalized spacial score (nSPS) is 9.38. The summed E-state index contributed by atoms with van der Waals surface area (Å²) in [4.78, 5) is 11.2. The highest BCUT2D eigenvalue weighted by Crippen LogP contribution is 2.21. The van der Waals surface area contributed by atoms with E-state index in [2.05, 4.69) is 27.8 Å². The van der Waals surface area contributed by atoms with Crippen LogP contribution in [0.15, 0.2) is 40.9 Å². The molecular formula is C10H10BrNO. The number of carbonyl (C=O) groups is 1. The van der Waals surface area contributed by atoms with Crippen LogP contribution in [0.25, 0.3) is 0 Å². The van der Waals surface area contributed by atoms with Crippen molar-refractivity contribution in [3.8, 4) is 0 Å². The van der Waals surface area contributed by atoms with E-state index < -0.39 is 0 Å². The summed E-state index contributed by atoms with van der Waals surface area (Å²) < 4.78 is 0.865. The van der Waals surface area contributed by atoms with Gasteiger partial charge in [-0.1, -0.05) is 18.7 Å². The first kappa shape index (κ1) is 9.99. The number of hydrogen-bond donors (Lipinski definition) is 1. The number of rotatable bonds is 2. The molecule has 0 aliphatic rings. The molecule has 0 saturated heterocycles. The Labute approximate surface area is 85.8 Å². The van der Waals surface area contributed by atoms with E-state index >= 15 is 0 Å². The van der Waals surface area contributed by atoms with Crippen LogP contribution in [0.3, 0.4) is 0 Å². The van der Waals surface area contributed by atoms with E-state index in [1.165, 1.54) is 0 Å². The zero-order chi connectivity index (χ0) is 9.84. The minimum atomic E-state index is -0.160. The smallest absolute Gasteiger partial charge is 0.250 e. The predicted molar refractivity (Wildman–Crippen MR) is 57.6 cm³/mol. The molecule has 0 fully saturated rings. The molecule has 0 aliphatic carbocycles. The first-order chi connectivity index (χ1) is 6.11. The van der Waals surface area contributed by atoms with Gasteiger partial charge in [-0.3, -0.25) is 4.79 Å². The van der Waals surface area contributed by atoms with E-state index in [1.807, 2.05) is 24.3 Å². The van der Waals surface area contributed by atoms with Crippen LogP contribution in [0.1, 0.15) is 6.92 Å². The monoisotopic (exact) mass is 239 g/mol. The fraction of sp³-hybridized carbons (Fsp3) is 0.100. The minimum absolute atomic E-state index is 0.160. The van der Waals surface area contributed by atoms with Gasteiger partial charge in [-0.05, 0) is 35.0 Å². The summed E-state index contributed by atoms with van der Waals surface area (Å²) >= 11 is 3.33. The molecule has 3 heteroatoms. The maximum Gasteiger partial charge on any atom is 0.250 e. The first-order valence-corrected chi connectivity index (χ1v) is 4.62. The summed E-state index contributed by atoms with van der Waals surface area (Å²) in [6.07, 6.45) is 0. The lowest BCUT2D eigenvalue weighted by Crippen LogP contribution is -2.11. The second-order valence-electron chi connectivity index (χ2n) is 2.71. The quantitative estimate of drug-likeness (QED) is 0.791. The predicted octanol–water partition coefficient (Wildman–Crippen LogP) is 2.96. The molecule has 68 valence electrons. The molecule has 0 bridgehead atoms. The van der Waals surface area contributed by atoms with Crippen molar-refractivity contribution in [3.05, 3.63) is 40.9 Å². The molecule has 0 aliphatic heterocycles. The zero-order valence-corrected chi connectivity index (χ0v) is 8.89. The summed E-state index contributed by atoms with van der Waals surface area (Å²) in [6.45, 7) is 5.23. The standard InChI is InChI=1S/C10H10BrNO/c1-7(2)10(13)12-9-6-4-3-5-8(9)11/h3-6H,1H2,2H3,(H,12,13). The highest BCUT2D eigenvalue weighted by molar-refractivity contribution is 9.10. The Kier molecular flexibility index (Phi) is 3.25. The number of para-hydroxylation sites is 1. The molecule has 0 aromatic heterocycles. The van der Waals surface area contributed by atoms with E-state index in [0.717, 1.165) is 10.2 Å². The topological polar surface area (TPSA) is 29.1 Å². The molecule has 1 rings (SSSR count). The van der Waals surface area contributed by atoms with Crippen LogP contribution < -0.4 is 5.32 Å². The summed E-state index contributed by atoms with van der Waals surface area (Å²) in [5, 5.41) is 2.72. The Morgan fingerprint density at radius 3 is 2.62 bits per heavy atom. The fourth-order valence-corrected chi connectivity index (χ4v) is 1.18. The summed E-state index contributed by atoms with van der Waals surface area (Å²) in [5.74, 6) is -0.160. The molecule has 0 saturated carbocycles. The Bertz CT molecular complexity index is 347. The van der Waals surface area contributed by atoms with Gasteiger partial charge in [0.1, 0.15) is 0 Å². The highest BCUT2D eigenvalue weighted by Gasteiger charge is 2.04. The second-order valence-corrected chi connectivity index (χ2v) is 3.57. The number of anilines is 1. The van der Waals surface area contributed by atoms with Crippen LogP contribution in [0.5, 0.6) is 0 Å². The fourth-order valence-electron chi connectivity index (χ4n) is 0.792. The number of nitrogens with one attached hydrogen (secondary N) is 1. The van der Waals surface area contributed by atoms with Crippen LogP contribution in [0.2, 0.25) is 0 Å². The van der Waals surface area contributed by atoms with Crippen molar-refractivity contribution >= 4 is 27.5 Å². The van der Waals surface area contributed by atoms with Gasteiger partial charge in [-0.2, -0.15) is 0 Å². The Morgan fingerprint density at radius 2 is 2.08 bits per heavy atom. The molecule has 1 aromatic carbocycles.